The number of nitrogens with two attached hydrogens (primary N) is 1. The standard InChI is InChI=1S/C26H34N4O5/c1-17(2)14-22(30-26(34)35-16-20-12-8-5-9-13-20)25(33)28-18(3)24(32)29-21(23(27)31)15-19-10-6-4-7-11-19/h4-13,17-18,21-22H,14-16H2,1-3H3,(H2,27,31)(H,28,33)(H,29,32)(H,30,34)/t18-,21-,22-/m0/s1. The minimum Gasteiger partial charge on any atom is -0.445 e. The molecule has 4 amide bonds. The second-order valence-electron chi connectivity index (χ2n) is 8.77. The number of benzene rings is 2. The van der Waals surface area contributed by atoms with Gasteiger partial charge in [0.05, 0.1) is 0 Å². The topological polar surface area (TPSA) is 140 Å². The molecule has 3 atom stereocenters. The summed E-state index contributed by atoms with van der Waals surface area (Å²) < 4.78 is 5.22. The predicted molar refractivity (Wildman–Crippen MR) is 132 cm³/mol. The maximum atomic E-state index is 12.9. The lowest BCUT2D eigenvalue weighted by Crippen LogP contribution is -2.56. The zero-order valence-corrected chi connectivity index (χ0v) is 20.3. The molecule has 188 valence electrons. The van der Waals surface area contributed by atoms with Crippen LogP contribution < -0.4 is 21.7 Å². The van der Waals surface area contributed by atoms with Gasteiger partial charge in [0.15, 0.2) is 0 Å². The highest BCUT2D eigenvalue weighted by Gasteiger charge is 2.27. The van der Waals surface area contributed by atoms with Crippen LogP contribution in [0.15, 0.2) is 60.7 Å². The van der Waals surface area contributed by atoms with Crippen LogP contribution in [0, 0.1) is 5.92 Å². The van der Waals surface area contributed by atoms with Crippen LogP contribution in [0.1, 0.15) is 38.3 Å². The fourth-order valence-corrected chi connectivity index (χ4v) is 3.36. The van der Waals surface area contributed by atoms with Gasteiger partial charge in [0, 0.05) is 6.42 Å². The van der Waals surface area contributed by atoms with E-state index in [0.29, 0.717) is 6.42 Å². The highest BCUT2D eigenvalue weighted by molar-refractivity contribution is 5.93. The zero-order chi connectivity index (χ0) is 25.8. The van der Waals surface area contributed by atoms with Gasteiger partial charge >= 0.3 is 6.09 Å². The van der Waals surface area contributed by atoms with Crippen molar-refractivity contribution in [3.8, 4) is 0 Å². The van der Waals surface area contributed by atoms with Crippen LogP contribution in [0.25, 0.3) is 0 Å². The molecule has 0 saturated heterocycles. The zero-order valence-electron chi connectivity index (χ0n) is 20.3. The molecule has 2 aromatic rings. The molecular weight excluding hydrogens is 448 g/mol. The average molecular weight is 483 g/mol. The summed E-state index contributed by atoms with van der Waals surface area (Å²) >= 11 is 0. The van der Waals surface area contributed by atoms with Crippen molar-refractivity contribution in [3.05, 3.63) is 71.8 Å². The maximum Gasteiger partial charge on any atom is 0.408 e. The van der Waals surface area contributed by atoms with Gasteiger partial charge in [-0.2, -0.15) is 0 Å². The van der Waals surface area contributed by atoms with Crippen LogP contribution in [-0.2, 0) is 32.1 Å². The Morgan fingerprint density at radius 2 is 1.34 bits per heavy atom. The molecule has 0 aliphatic carbocycles. The minimum absolute atomic E-state index is 0.0669. The first kappa shape index (κ1) is 27.4. The van der Waals surface area contributed by atoms with E-state index in [0.717, 1.165) is 11.1 Å². The van der Waals surface area contributed by atoms with Gasteiger partial charge in [-0.15, -0.1) is 0 Å². The number of hydrogen-bond acceptors (Lipinski definition) is 5. The van der Waals surface area contributed by atoms with Crippen molar-refractivity contribution in [2.45, 2.75) is 58.3 Å². The molecule has 0 radical (unpaired) electrons. The van der Waals surface area contributed by atoms with Crippen LogP contribution >= 0.6 is 0 Å². The molecule has 0 aliphatic heterocycles. The maximum absolute atomic E-state index is 12.9. The number of nitrogens with one attached hydrogen (secondary N) is 3. The van der Waals surface area contributed by atoms with E-state index in [4.69, 9.17) is 10.5 Å². The summed E-state index contributed by atoms with van der Waals surface area (Å²) in [6, 6.07) is 15.5. The summed E-state index contributed by atoms with van der Waals surface area (Å²) in [5, 5.41) is 7.76. The Morgan fingerprint density at radius 1 is 0.771 bits per heavy atom. The van der Waals surface area contributed by atoms with Gasteiger partial charge in [-0.1, -0.05) is 74.5 Å². The van der Waals surface area contributed by atoms with Crippen molar-refractivity contribution >= 4 is 23.8 Å². The number of ether oxygens (including phenoxy) is 1. The largest absolute Gasteiger partial charge is 0.445 e. The quantitative estimate of drug-likeness (QED) is 0.367. The van der Waals surface area contributed by atoms with Gasteiger partial charge in [-0.25, -0.2) is 4.79 Å². The van der Waals surface area contributed by atoms with Gasteiger partial charge in [0.1, 0.15) is 24.7 Å². The van der Waals surface area contributed by atoms with Crippen LogP contribution in [-0.4, -0.2) is 41.9 Å². The van der Waals surface area contributed by atoms with Crippen LogP contribution in [0.4, 0.5) is 4.79 Å². The number of carbonyl (C=O) groups excluding carboxylic acids is 4. The molecule has 2 aromatic carbocycles. The minimum atomic E-state index is -0.961. The van der Waals surface area contributed by atoms with E-state index in [2.05, 4.69) is 16.0 Å². The van der Waals surface area contributed by atoms with E-state index >= 15 is 0 Å². The Morgan fingerprint density at radius 3 is 1.89 bits per heavy atom. The molecule has 9 nitrogen and oxygen atoms in total. The number of hydrogen-bond donors (Lipinski definition) is 4. The lowest BCUT2D eigenvalue weighted by molar-refractivity contribution is -0.131. The van der Waals surface area contributed by atoms with Crippen molar-refractivity contribution in [2.75, 3.05) is 0 Å². The molecule has 0 bridgehead atoms. The lowest BCUT2D eigenvalue weighted by Gasteiger charge is -2.23. The van der Waals surface area contributed by atoms with Gasteiger partial charge in [0.25, 0.3) is 0 Å². The van der Waals surface area contributed by atoms with Crippen molar-refractivity contribution in [1.29, 1.82) is 0 Å². The molecule has 9 heteroatoms. The van der Waals surface area contributed by atoms with Crippen LogP contribution in [0.2, 0.25) is 0 Å². The Labute approximate surface area is 205 Å². The summed E-state index contributed by atoms with van der Waals surface area (Å²) in [6.07, 6.45) is -0.158. The third kappa shape index (κ3) is 9.87. The van der Waals surface area contributed by atoms with Crippen LogP contribution in [0.3, 0.4) is 0 Å². The normalized spacial score (nSPS) is 13.3. The number of alkyl carbamates (subject to hydrolysis) is 1. The van der Waals surface area contributed by atoms with E-state index in [9.17, 15) is 19.2 Å². The predicted octanol–water partition coefficient (Wildman–Crippen LogP) is 2.04. The molecule has 0 aromatic heterocycles. The molecular formula is C26H34N4O5. The summed E-state index contributed by atoms with van der Waals surface area (Å²) in [5.74, 6) is -1.68. The molecule has 0 spiro atoms. The highest BCUT2D eigenvalue weighted by Crippen LogP contribution is 2.08. The second kappa shape index (κ2) is 13.7. The highest BCUT2D eigenvalue weighted by atomic mass is 16.5. The van der Waals surface area contributed by atoms with Gasteiger partial charge in [-0.3, -0.25) is 14.4 Å². The van der Waals surface area contributed by atoms with Gasteiger partial charge < -0.3 is 26.4 Å². The number of carbonyl (C=O) groups is 4. The first-order chi connectivity index (χ1) is 16.7. The van der Waals surface area contributed by atoms with Gasteiger partial charge in [0.2, 0.25) is 17.7 Å². The molecule has 35 heavy (non-hydrogen) atoms. The lowest BCUT2D eigenvalue weighted by atomic mass is 10.0. The third-order valence-electron chi connectivity index (χ3n) is 5.22. The fraction of sp³-hybridized carbons (Fsp3) is 0.385. The summed E-state index contributed by atoms with van der Waals surface area (Å²) in [5.41, 5.74) is 7.11. The van der Waals surface area contributed by atoms with E-state index in [-0.39, 0.29) is 18.9 Å². The Kier molecular flexibility index (Phi) is 10.7. The molecule has 0 heterocycles. The number of primary amides is 1. The number of rotatable bonds is 12. The van der Waals surface area contributed by atoms with Crippen molar-refractivity contribution in [2.24, 2.45) is 11.7 Å². The number of amides is 4. The monoisotopic (exact) mass is 482 g/mol. The Bertz CT molecular complexity index is 982. The molecule has 2 rings (SSSR count). The Hall–Kier alpha value is -3.88. The summed E-state index contributed by atoms with van der Waals surface area (Å²) in [4.78, 5) is 49.7. The SMILES string of the molecule is CC(C)C[C@H](NC(=O)OCc1ccccc1)C(=O)N[C@@H](C)C(=O)N[C@@H](Cc1ccccc1)C(N)=O. The molecule has 0 saturated carbocycles. The van der Waals surface area contributed by atoms with Gasteiger partial charge in [-0.05, 0) is 30.4 Å². The molecule has 0 fully saturated rings. The smallest absolute Gasteiger partial charge is 0.408 e. The molecule has 0 aliphatic rings. The van der Waals surface area contributed by atoms with Crippen LogP contribution in [0.5, 0.6) is 0 Å². The van der Waals surface area contributed by atoms with E-state index in [1.807, 2.05) is 74.5 Å². The third-order valence-corrected chi connectivity index (χ3v) is 5.22. The van der Waals surface area contributed by atoms with E-state index in [1.54, 1.807) is 0 Å². The molecule has 5 N–H and O–H groups in total. The second-order valence-corrected chi connectivity index (χ2v) is 8.77. The fourth-order valence-electron chi connectivity index (χ4n) is 3.36. The van der Waals surface area contributed by atoms with Crippen molar-refractivity contribution in [3.63, 3.8) is 0 Å². The van der Waals surface area contributed by atoms with E-state index < -0.39 is 41.9 Å². The summed E-state index contributed by atoms with van der Waals surface area (Å²) in [6.45, 7) is 5.38. The van der Waals surface area contributed by atoms with E-state index in [1.165, 1.54) is 6.92 Å². The van der Waals surface area contributed by atoms with Crippen molar-refractivity contribution in [1.82, 2.24) is 16.0 Å². The average Bonchev–Trinajstić information content (AvgIpc) is 2.82. The first-order valence-electron chi connectivity index (χ1n) is 11.6. The Balaban J connectivity index is 1.93. The molecule has 0 unspecified atom stereocenters. The van der Waals surface area contributed by atoms with Crippen molar-refractivity contribution < 1.29 is 23.9 Å². The first-order valence-corrected chi connectivity index (χ1v) is 11.6. The summed E-state index contributed by atoms with van der Waals surface area (Å²) in [7, 11) is 0.